The number of nitrogen functional groups attached to an aromatic ring is 1. The number of rotatable bonds is 3. The van der Waals surface area contributed by atoms with Crippen molar-refractivity contribution in [1.82, 2.24) is 4.98 Å². The number of benzene rings is 1. The highest BCUT2D eigenvalue weighted by Gasteiger charge is 2.02. The maximum atomic E-state index is 12.9. The van der Waals surface area contributed by atoms with Gasteiger partial charge in [-0.3, -0.25) is 10.4 Å². The number of aromatic nitrogens is 1. The van der Waals surface area contributed by atoms with E-state index in [0.29, 0.717) is 17.2 Å². The predicted molar refractivity (Wildman–Crippen MR) is 61.7 cm³/mol. The van der Waals surface area contributed by atoms with Gasteiger partial charge in [0.05, 0.1) is 0 Å². The third-order valence-electron chi connectivity index (χ3n) is 2.04. The molecule has 0 bridgehead atoms. The quantitative estimate of drug-likeness (QED) is 0.628. The van der Waals surface area contributed by atoms with E-state index >= 15 is 0 Å². The Morgan fingerprint density at radius 1 is 1.24 bits per heavy atom. The fourth-order valence-corrected chi connectivity index (χ4v) is 1.29. The number of hydrogen-bond donors (Lipinski definition) is 2. The maximum Gasteiger partial charge on any atom is 0.141 e. The molecule has 2 aromatic rings. The molecule has 3 N–H and O–H groups in total. The van der Waals surface area contributed by atoms with E-state index in [0.717, 1.165) is 0 Å². The molecule has 0 radical (unpaired) electrons. The van der Waals surface area contributed by atoms with Crippen molar-refractivity contribution < 1.29 is 9.13 Å². The highest BCUT2D eigenvalue weighted by Crippen LogP contribution is 2.21. The van der Waals surface area contributed by atoms with Crippen LogP contribution in [-0.4, -0.2) is 10.8 Å². The fraction of sp³-hybridized carbons (Fsp3) is 0. The van der Waals surface area contributed by atoms with Gasteiger partial charge in [0.1, 0.15) is 28.8 Å². The van der Waals surface area contributed by atoms with Crippen molar-refractivity contribution >= 4 is 5.84 Å². The fourth-order valence-electron chi connectivity index (χ4n) is 1.29. The van der Waals surface area contributed by atoms with Gasteiger partial charge in [0, 0.05) is 18.3 Å². The Labute approximate surface area is 97.4 Å². The third kappa shape index (κ3) is 2.78. The average molecular weight is 231 g/mol. The molecule has 0 aliphatic carbocycles. The van der Waals surface area contributed by atoms with Crippen LogP contribution in [0.1, 0.15) is 5.69 Å². The van der Waals surface area contributed by atoms with Crippen LogP contribution in [0.3, 0.4) is 0 Å². The summed E-state index contributed by atoms with van der Waals surface area (Å²) in [4.78, 5) is 3.89. The minimum atomic E-state index is -0.372. The van der Waals surface area contributed by atoms with Gasteiger partial charge >= 0.3 is 0 Å². The summed E-state index contributed by atoms with van der Waals surface area (Å²) in [6, 6.07) is 8.92. The molecule has 5 heteroatoms. The average Bonchev–Trinajstić information content (AvgIpc) is 2.29. The second kappa shape index (κ2) is 4.61. The summed E-state index contributed by atoms with van der Waals surface area (Å²) in [6.07, 6.45) is 1.48. The summed E-state index contributed by atoms with van der Waals surface area (Å²) in [5.41, 5.74) is 5.62. The second-order valence-corrected chi connectivity index (χ2v) is 3.35. The lowest BCUT2D eigenvalue weighted by Gasteiger charge is -2.06. The SMILES string of the molecule is N=C(N)c1cc(Oc2cccc(F)c2)ccn1. The predicted octanol–water partition coefficient (Wildman–Crippen LogP) is 2.30. The van der Waals surface area contributed by atoms with Crippen molar-refractivity contribution in [1.29, 1.82) is 5.41 Å². The van der Waals surface area contributed by atoms with Crippen LogP contribution >= 0.6 is 0 Å². The highest BCUT2D eigenvalue weighted by molar-refractivity contribution is 5.93. The number of halogens is 1. The van der Waals surface area contributed by atoms with E-state index < -0.39 is 0 Å². The molecular weight excluding hydrogens is 221 g/mol. The molecule has 0 atom stereocenters. The van der Waals surface area contributed by atoms with Crippen molar-refractivity contribution in [3.8, 4) is 11.5 Å². The summed E-state index contributed by atoms with van der Waals surface area (Å²) in [7, 11) is 0. The Hall–Kier alpha value is -2.43. The van der Waals surface area contributed by atoms with Crippen LogP contribution in [0, 0.1) is 11.2 Å². The van der Waals surface area contributed by atoms with Gasteiger partial charge in [-0.05, 0) is 18.2 Å². The van der Waals surface area contributed by atoms with Gasteiger partial charge < -0.3 is 10.5 Å². The molecule has 0 spiro atoms. The molecule has 0 amide bonds. The monoisotopic (exact) mass is 231 g/mol. The van der Waals surface area contributed by atoms with Crippen molar-refractivity contribution in [2.24, 2.45) is 5.73 Å². The van der Waals surface area contributed by atoms with Crippen molar-refractivity contribution in [2.75, 3.05) is 0 Å². The molecule has 0 fully saturated rings. The zero-order chi connectivity index (χ0) is 12.3. The molecular formula is C12H10FN3O. The Balaban J connectivity index is 2.24. The minimum absolute atomic E-state index is 0.144. The lowest BCUT2D eigenvalue weighted by molar-refractivity contribution is 0.476. The van der Waals surface area contributed by atoms with Crippen molar-refractivity contribution in [3.05, 3.63) is 54.1 Å². The van der Waals surface area contributed by atoms with E-state index in [-0.39, 0.29) is 11.7 Å². The van der Waals surface area contributed by atoms with Crippen molar-refractivity contribution in [3.63, 3.8) is 0 Å². The van der Waals surface area contributed by atoms with E-state index in [1.165, 1.54) is 24.4 Å². The molecule has 0 saturated carbocycles. The molecule has 2 rings (SSSR count). The topological polar surface area (TPSA) is 72.0 Å². The molecule has 0 saturated heterocycles. The molecule has 4 nitrogen and oxygen atoms in total. The number of nitrogens with one attached hydrogen (secondary N) is 1. The van der Waals surface area contributed by atoms with E-state index in [2.05, 4.69) is 4.98 Å². The lowest BCUT2D eigenvalue weighted by Crippen LogP contribution is -2.12. The van der Waals surface area contributed by atoms with E-state index in [1.807, 2.05) is 0 Å². The number of ether oxygens (including phenoxy) is 1. The Morgan fingerprint density at radius 2 is 2.00 bits per heavy atom. The van der Waals surface area contributed by atoms with Crippen LogP contribution in [0.25, 0.3) is 0 Å². The van der Waals surface area contributed by atoms with Gasteiger partial charge in [0.25, 0.3) is 0 Å². The van der Waals surface area contributed by atoms with Gasteiger partial charge in [-0.25, -0.2) is 4.39 Å². The minimum Gasteiger partial charge on any atom is -0.457 e. The Kier molecular flexibility index (Phi) is 3.00. The molecule has 1 heterocycles. The van der Waals surface area contributed by atoms with Crippen LogP contribution in [-0.2, 0) is 0 Å². The zero-order valence-electron chi connectivity index (χ0n) is 8.85. The van der Waals surface area contributed by atoms with E-state index in [9.17, 15) is 4.39 Å². The van der Waals surface area contributed by atoms with Gasteiger partial charge in [-0.15, -0.1) is 0 Å². The number of pyridine rings is 1. The van der Waals surface area contributed by atoms with Gasteiger partial charge in [0.2, 0.25) is 0 Å². The van der Waals surface area contributed by atoms with E-state index in [1.54, 1.807) is 18.2 Å². The largest absolute Gasteiger partial charge is 0.457 e. The number of hydrogen-bond acceptors (Lipinski definition) is 3. The van der Waals surface area contributed by atoms with Crippen LogP contribution in [0.2, 0.25) is 0 Å². The summed E-state index contributed by atoms with van der Waals surface area (Å²) >= 11 is 0. The Bertz CT molecular complexity index is 557. The first-order valence-electron chi connectivity index (χ1n) is 4.89. The lowest BCUT2D eigenvalue weighted by atomic mass is 10.3. The first kappa shape index (κ1) is 11.1. The summed E-state index contributed by atoms with van der Waals surface area (Å²) in [6.45, 7) is 0. The normalized spacial score (nSPS) is 9.94. The molecule has 86 valence electrons. The Morgan fingerprint density at radius 3 is 2.71 bits per heavy atom. The summed E-state index contributed by atoms with van der Waals surface area (Å²) < 4.78 is 18.3. The second-order valence-electron chi connectivity index (χ2n) is 3.35. The summed E-state index contributed by atoms with van der Waals surface area (Å²) in [5, 5.41) is 7.25. The first-order chi connectivity index (χ1) is 8.15. The van der Waals surface area contributed by atoms with Crippen LogP contribution in [0.5, 0.6) is 11.5 Å². The number of nitrogens with zero attached hydrogens (tertiary/aromatic N) is 1. The first-order valence-corrected chi connectivity index (χ1v) is 4.89. The van der Waals surface area contributed by atoms with Gasteiger partial charge in [-0.2, -0.15) is 0 Å². The molecule has 0 aliphatic rings. The highest BCUT2D eigenvalue weighted by atomic mass is 19.1. The standard InChI is InChI=1S/C12H10FN3O/c13-8-2-1-3-9(6-8)17-10-4-5-16-11(7-10)12(14)15/h1-7H,(H3,14,15). The van der Waals surface area contributed by atoms with E-state index in [4.69, 9.17) is 15.9 Å². The molecule has 1 aromatic carbocycles. The van der Waals surface area contributed by atoms with Crippen LogP contribution in [0.4, 0.5) is 4.39 Å². The smallest absolute Gasteiger partial charge is 0.141 e. The number of nitrogens with two attached hydrogens (primary N) is 1. The summed E-state index contributed by atoms with van der Waals surface area (Å²) in [5.74, 6) is 0.319. The van der Waals surface area contributed by atoms with Gasteiger partial charge in [-0.1, -0.05) is 6.07 Å². The molecule has 1 aromatic heterocycles. The third-order valence-corrected chi connectivity index (χ3v) is 2.04. The van der Waals surface area contributed by atoms with Crippen LogP contribution < -0.4 is 10.5 Å². The van der Waals surface area contributed by atoms with Gasteiger partial charge in [0.15, 0.2) is 0 Å². The maximum absolute atomic E-state index is 12.9. The van der Waals surface area contributed by atoms with Crippen molar-refractivity contribution in [2.45, 2.75) is 0 Å². The molecule has 17 heavy (non-hydrogen) atoms. The zero-order valence-corrected chi connectivity index (χ0v) is 8.85. The molecule has 0 aliphatic heterocycles. The number of amidine groups is 1. The molecule has 0 unspecified atom stereocenters. The van der Waals surface area contributed by atoms with Crippen LogP contribution in [0.15, 0.2) is 42.6 Å².